The van der Waals surface area contributed by atoms with E-state index >= 15 is 0 Å². The van der Waals surface area contributed by atoms with Gasteiger partial charge in [-0.1, -0.05) is 28.1 Å². The van der Waals surface area contributed by atoms with Gasteiger partial charge in [0.2, 0.25) is 10.0 Å². The lowest BCUT2D eigenvalue weighted by atomic mass is 10.1. The molecule has 0 spiro atoms. The monoisotopic (exact) mass is 405 g/mol. The minimum atomic E-state index is -3.64. The van der Waals surface area contributed by atoms with E-state index in [2.05, 4.69) is 26.2 Å². The predicted octanol–water partition coefficient (Wildman–Crippen LogP) is 3.30. The highest BCUT2D eigenvalue weighted by molar-refractivity contribution is 9.10. The molecule has 7 heteroatoms. The van der Waals surface area contributed by atoms with Crippen LogP contribution in [0.5, 0.6) is 0 Å². The maximum atomic E-state index is 11.2. The molecule has 3 rings (SSSR count). The number of pyridine rings is 1. The minimum Gasteiger partial charge on any atom is -0.384 e. The highest BCUT2D eigenvalue weighted by Gasteiger charge is 2.07. The van der Waals surface area contributed by atoms with Crippen LogP contribution in [0.2, 0.25) is 0 Å². The second-order valence-electron chi connectivity index (χ2n) is 5.39. The number of aromatic nitrogens is 1. The predicted molar refractivity (Wildman–Crippen MR) is 99.5 cm³/mol. The smallest absolute Gasteiger partial charge is 0.238 e. The van der Waals surface area contributed by atoms with Gasteiger partial charge in [0, 0.05) is 28.3 Å². The van der Waals surface area contributed by atoms with Gasteiger partial charge in [-0.25, -0.2) is 13.6 Å². The average molecular weight is 406 g/mol. The Labute approximate surface area is 149 Å². The number of nitrogens with two attached hydrogens (primary N) is 1. The van der Waals surface area contributed by atoms with Crippen molar-refractivity contribution in [2.75, 3.05) is 11.9 Å². The molecule has 3 aromatic rings. The number of benzene rings is 2. The molecule has 124 valence electrons. The maximum absolute atomic E-state index is 11.2. The summed E-state index contributed by atoms with van der Waals surface area (Å²) in [5.74, 6) is 0. The van der Waals surface area contributed by atoms with Crippen molar-refractivity contribution in [1.82, 2.24) is 4.98 Å². The molecular weight excluding hydrogens is 390 g/mol. The Bertz CT molecular complexity index is 973. The third-order valence-electron chi connectivity index (χ3n) is 3.69. The molecule has 0 bridgehead atoms. The highest BCUT2D eigenvalue weighted by atomic mass is 79.9. The van der Waals surface area contributed by atoms with Gasteiger partial charge in [-0.15, -0.1) is 0 Å². The lowest BCUT2D eigenvalue weighted by Gasteiger charge is -2.10. The molecule has 0 unspecified atom stereocenters. The minimum absolute atomic E-state index is 0.130. The zero-order valence-electron chi connectivity index (χ0n) is 12.7. The van der Waals surface area contributed by atoms with Gasteiger partial charge in [0.15, 0.2) is 0 Å². The highest BCUT2D eigenvalue weighted by Crippen LogP contribution is 2.24. The zero-order valence-corrected chi connectivity index (χ0v) is 15.1. The molecule has 0 saturated carbocycles. The van der Waals surface area contributed by atoms with Crippen molar-refractivity contribution in [2.45, 2.75) is 11.3 Å². The van der Waals surface area contributed by atoms with Crippen LogP contribution in [0.15, 0.2) is 64.1 Å². The standard InChI is InChI=1S/C17H16BrN3O2S/c18-13-3-6-15-16(8-10-21-17(15)11-13)20-9-7-12-1-4-14(5-2-12)24(19,22)23/h1-6,8,10-11H,7,9H2,(H,20,21)(H2,19,22,23). The van der Waals surface area contributed by atoms with Gasteiger partial charge in [0.25, 0.3) is 0 Å². The summed E-state index contributed by atoms with van der Waals surface area (Å²) in [6.45, 7) is 0.726. The summed E-state index contributed by atoms with van der Waals surface area (Å²) in [7, 11) is -3.64. The number of nitrogens with zero attached hydrogens (tertiary/aromatic N) is 1. The number of fused-ring (bicyclic) bond motifs is 1. The first-order valence-electron chi connectivity index (χ1n) is 7.33. The summed E-state index contributed by atoms with van der Waals surface area (Å²) in [4.78, 5) is 4.49. The summed E-state index contributed by atoms with van der Waals surface area (Å²) in [5.41, 5.74) is 2.98. The Morgan fingerprint density at radius 2 is 1.83 bits per heavy atom. The molecule has 0 radical (unpaired) electrons. The molecule has 0 fully saturated rings. The van der Waals surface area contributed by atoms with E-state index in [0.717, 1.165) is 39.6 Å². The van der Waals surface area contributed by atoms with Crippen molar-refractivity contribution < 1.29 is 8.42 Å². The molecule has 2 aromatic carbocycles. The van der Waals surface area contributed by atoms with Crippen LogP contribution in [0, 0.1) is 0 Å². The van der Waals surface area contributed by atoms with E-state index in [9.17, 15) is 8.42 Å². The quantitative estimate of drug-likeness (QED) is 0.681. The molecule has 3 N–H and O–H groups in total. The van der Waals surface area contributed by atoms with Crippen LogP contribution in [0.1, 0.15) is 5.56 Å². The van der Waals surface area contributed by atoms with Gasteiger partial charge in [0.1, 0.15) is 0 Å². The Morgan fingerprint density at radius 3 is 2.54 bits per heavy atom. The number of hydrogen-bond donors (Lipinski definition) is 2. The maximum Gasteiger partial charge on any atom is 0.238 e. The Morgan fingerprint density at radius 1 is 1.08 bits per heavy atom. The molecule has 1 heterocycles. The van der Waals surface area contributed by atoms with Gasteiger partial charge in [-0.3, -0.25) is 4.98 Å². The van der Waals surface area contributed by atoms with Crippen molar-refractivity contribution in [3.05, 3.63) is 64.8 Å². The summed E-state index contributed by atoms with van der Waals surface area (Å²) >= 11 is 3.45. The summed E-state index contributed by atoms with van der Waals surface area (Å²) in [6.07, 6.45) is 2.54. The van der Waals surface area contributed by atoms with Crippen LogP contribution in [-0.2, 0) is 16.4 Å². The third-order valence-corrected chi connectivity index (χ3v) is 5.11. The second-order valence-corrected chi connectivity index (χ2v) is 7.86. The van der Waals surface area contributed by atoms with Crippen molar-refractivity contribution in [2.24, 2.45) is 5.14 Å². The van der Waals surface area contributed by atoms with Gasteiger partial charge in [-0.2, -0.15) is 0 Å². The molecule has 24 heavy (non-hydrogen) atoms. The van der Waals surface area contributed by atoms with E-state index in [0.29, 0.717) is 0 Å². The van der Waals surface area contributed by atoms with Crippen LogP contribution >= 0.6 is 15.9 Å². The molecule has 0 atom stereocenters. The Balaban J connectivity index is 1.69. The Kier molecular flexibility index (Phi) is 4.84. The molecule has 0 amide bonds. The molecule has 0 aliphatic rings. The average Bonchev–Trinajstić information content (AvgIpc) is 2.54. The molecule has 1 aromatic heterocycles. The number of hydrogen-bond acceptors (Lipinski definition) is 4. The van der Waals surface area contributed by atoms with Crippen molar-refractivity contribution in [1.29, 1.82) is 0 Å². The van der Waals surface area contributed by atoms with E-state index in [4.69, 9.17) is 5.14 Å². The van der Waals surface area contributed by atoms with E-state index in [-0.39, 0.29) is 4.90 Å². The zero-order chi connectivity index (χ0) is 17.2. The van der Waals surface area contributed by atoms with E-state index in [1.165, 1.54) is 12.1 Å². The van der Waals surface area contributed by atoms with Crippen LogP contribution in [0.3, 0.4) is 0 Å². The van der Waals surface area contributed by atoms with Crippen molar-refractivity contribution in [3.8, 4) is 0 Å². The summed E-state index contributed by atoms with van der Waals surface area (Å²) in [5, 5.41) is 9.56. The molecule has 0 saturated heterocycles. The van der Waals surface area contributed by atoms with Crippen molar-refractivity contribution in [3.63, 3.8) is 0 Å². The van der Waals surface area contributed by atoms with E-state index in [1.807, 2.05) is 24.3 Å². The molecule has 0 aliphatic heterocycles. The molecule has 0 aliphatic carbocycles. The summed E-state index contributed by atoms with van der Waals surface area (Å²) in [6, 6.07) is 14.6. The van der Waals surface area contributed by atoms with Gasteiger partial charge >= 0.3 is 0 Å². The number of halogens is 1. The number of sulfonamides is 1. The van der Waals surface area contributed by atoms with Crippen LogP contribution < -0.4 is 10.5 Å². The van der Waals surface area contributed by atoms with Crippen LogP contribution in [-0.4, -0.2) is 19.9 Å². The first-order chi connectivity index (χ1) is 11.4. The first kappa shape index (κ1) is 16.9. The fourth-order valence-electron chi connectivity index (χ4n) is 2.46. The van der Waals surface area contributed by atoms with Crippen molar-refractivity contribution >= 4 is 42.5 Å². The SMILES string of the molecule is NS(=O)(=O)c1ccc(CCNc2ccnc3cc(Br)ccc23)cc1. The van der Waals surface area contributed by atoms with Crippen LogP contribution in [0.4, 0.5) is 5.69 Å². The van der Waals surface area contributed by atoms with E-state index in [1.54, 1.807) is 18.3 Å². The number of nitrogens with one attached hydrogen (secondary N) is 1. The topological polar surface area (TPSA) is 85.1 Å². The second kappa shape index (κ2) is 6.88. The van der Waals surface area contributed by atoms with E-state index < -0.39 is 10.0 Å². The number of primary sulfonamides is 1. The number of anilines is 1. The van der Waals surface area contributed by atoms with Gasteiger partial charge in [0.05, 0.1) is 10.4 Å². The lowest BCUT2D eigenvalue weighted by molar-refractivity contribution is 0.598. The number of rotatable bonds is 5. The lowest BCUT2D eigenvalue weighted by Crippen LogP contribution is -2.12. The van der Waals surface area contributed by atoms with Gasteiger partial charge in [-0.05, 0) is 48.4 Å². The molecular formula is C17H16BrN3O2S. The third kappa shape index (κ3) is 3.92. The fourth-order valence-corrected chi connectivity index (χ4v) is 3.33. The fraction of sp³-hybridized carbons (Fsp3) is 0.118. The normalized spacial score (nSPS) is 11.6. The largest absolute Gasteiger partial charge is 0.384 e. The summed E-state index contributed by atoms with van der Waals surface area (Å²) < 4.78 is 23.5. The van der Waals surface area contributed by atoms with Crippen LogP contribution in [0.25, 0.3) is 10.9 Å². The Hall–Kier alpha value is -1.96. The molecule has 5 nitrogen and oxygen atoms in total. The van der Waals surface area contributed by atoms with Gasteiger partial charge < -0.3 is 5.32 Å². The first-order valence-corrected chi connectivity index (χ1v) is 9.67.